The number of aryl methyl sites for hydroxylation is 2. The van der Waals surface area contributed by atoms with Crippen LogP contribution in [0.4, 0.5) is 29.3 Å². The van der Waals surface area contributed by atoms with Gasteiger partial charge in [0, 0.05) is 23.0 Å². The Kier molecular flexibility index (Phi) is 8.24. The molecule has 10 heteroatoms. The number of halogens is 3. The zero-order valence-corrected chi connectivity index (χ0v) is 21.6. The minimum atomic E-state index is -4.70. The molecule has 0 radical (unpaired) electrons. The molecule has 2 N–H and O–H groups in total. The molecule has 0 unspecified atom stereocenters. The van der Waals surface area contributed by atoms with E-state index in [2.05, 4.69) is 15.6 Å². The van der Waals surface area contributed by atoms with E-state index < -0.39 is 41.5 Å². The molecule has 0 aliphatic carbocycles. The third-order valence-corrected chi connectivity index (χ3v) is 5.33. The van der Waals surface area contributed by atoms with Crippen LogP contribution in [0.5, 0.6) is 0 Å². The number of carbonyl (C=O) groups excluding carboxylic acids is 3. The van der Waals surface area contributed by atoms with Crippen LogP contribution in [0.2, 0.25) is 0 Å². The Morgan fingerprint density at radius 1 is 0.895 bits per heavy atom. The summed E-state index contributed by atoms with van der Waals surface area (Å²) in [6, 6.07) is 12.1. The smallest absolute Gasteiger partial charge is 0.416 e. The predicted molar refractivity (Wildman–Crippen MR) is 138 cm³/mol. The number of nitrogens with zero attached hydrogens (tertiary/aromatic N) is 1. The van der Waals surface area contributed by atoms with Crippen LogP contribution in [0.1, 0.15) is 54.4 Å². The summed E-state index contributed by atoms with van der Waals surface area (Å²) in [5, 5.41) is 4.70. The number of carbonyl (C=O) groups is 3. The van der Waals surface area contributed by atoms with Gasteiger partial charge in [0.2, 0.25) is 5.91 Å². The number of hydrogen-bond acceptors (Lipinski definition) is 5. The summed E-state index contributed by atoms with van der Waals surface area (Å²) in [4.78, 5) is 42.1. The fraction of sp³-hybridized carbons (Fsp3) is 0.286. The van der Waals surface area contributed by atoms with Gasteiger partial charge in [-0.05, 0) is 70.0 Å². The lowest BCUT2D eigenvalue weighted by molar-refractivity contribution is -0.138. The van der Waals surface area contributed by atoms with Crippen LogP contribution in [0.25, 0.3) is 11.1 Å². The fourth-order valence-electron chi connectivity index (χ4n) is 3.59. The first-order valence-electron chi connectivity index (χ1n) is 11.7. The summed E-state index contributed by atoms with van der Waals surface area (Å²) in [6.45, 7) is 7.97. The van der Waals surface area contributed by atoms with Crippen molar-refractivity contribution in [1.82, 2.24) is 4.98 Å². The summed E-state index contributed by atoms with van der Waals surface area (Å²) in [5.74, 6) is -1.38. The summed E-state index contributed by atoms with van der Waals surface area (Å²) >= 11 is 0. The molecule has 0 saturated carbocycles. The lowest BCUT2D eigenvalue weighted by Crippen LogP contribution is -2.28. The molecule has 200 valence electrons. The lowest BCUT2D eigenvalue weighted by atomic mass is 10.0. The molecule has 0 aliphatic heterocycles. The van der Waals surface area contributed by atoms with Crippen molar-refractivity contribution in [3.05, 3.63) is 77.1 Å². The van der Waals surface area contributed by atoms with E-state index >= 15 is 0 Å². The maximum Gasteiger partial charge on any atom is 0.416 e. The van der Waals surface area contributed by atoms with Gasteiger partial charge in [-0.2, -0.15) is 13.2 Å². The van der Waals surface area contributed by atoms with Gasteiger partial charge < -0.3 is 10.1 Å². The van der Waals surface area contributed by atoms with Crippen LogP contribution in [-0.2, 0) is 15.7 Å². The first kappa shape index (κ1) is 28.4. The molecule has 0 saturated heterocycles. The van der Waals surface area contributed by atoms with Crippen molar-refractivity contribution in [2.45, 2.75) is 52.8 Å². The zero-order valence-electron chi connectivity index (χ0n) is 21.6. The van der Waals surface area contributed by atoms with Crippen LogP contribution in [0.3, 0.4) is 0 Å². The highest BCUT2D eigenvalue weighted by Gasteiger charge is 2.34. The minimum Gasteiger partial charge on any atom is -0.444 e. The van der Waals surface area contributed by atoms with E-state index in [1.54, 1.807) is 51.2 Å². The molecule has 7 nitrogen and oxygen atoms in total. The summed E-state index contributed by atoms with van der Waals surface area (Å²) < 4.78 is 45.8. The van der Waals surface area contributed by atoms with Crippen molar-refractivity contribution in [1.29, 1.82) is 0 Å². The molecule has 0 bridgehead atoms. The number of Topliss-reactive ketones (excluding diaryl/α,β-unsaturated/α-hetero) is 1. The second-order valence-electron chi connectivity index (χ2n) is 9.75. The fourth-order valence-corrected chi connectivity index (χ4v) is 3.59. The molecule has 0 fully saturated rings. The number of benzene rings is 2. The monoisotopic (exact) mass is 527 g/mol. The molecular weight excluding hydrogens is 499 g/mol. The van der Waals surface area contributed by atoms with E-state index in [0.717, 1.165) is 29.0 Å². The van der Waals surface area contributed by atoms with Crippen molar-refractivity contribution in [2.24, 2.45) is 0 Å². The number of hydrogen-bond donors (Lipinski definition) is 2. The molecule has 0 aliphatic rings. The van der Waals surface area contributed by atoms with Gasteiger partial charge in [0.25, 0.3) is 0 Å². The number of rotatable bonds is 6. The summed E-state index contributed by atoms with van der Waals surface area (Å²) in [7, 11) is 0. The molecule has 3 rings (SSSR count). The Morgan fingerprint density at radius 3 is 2.18 bits per heavy atom. The van der Waals surface area contributed by atoms with Gasteiger partial charge in [-0.25, -0.2) is 4.79 Å². The van der Waals surface area contributed by atoms with Crippen molar-refractivity contribution < 1.29 is 32.3 Å². The quantitative estimate of drug-likeness (QED) is 0.267. The van der Waals surface area contributed by atoms with Crippen LogP contribution >= 0.6 is 0 Å². The second-order valence-corrected chi connectivity index (χ2v) is 9.75. The standard InChI is InChI=1S/C28H28F3N3O4/c1-16-11-22(34-26(37)38-27(3,4)5)23(13-21(16)28(29,30)31)33-25(36)14-24(35)19-8-6-7-18(12-19)20-10-9-17(2)32-15-20/h6-13,15H,14H2,1-5H3,(H,33,36)(H,34,37). The second kappa shape index (κ2) is 11.0. The van der Waals surface area contributed by atoms with Crippen molar-refractivity contribution in [2.75, 3.05) is 10.6 Å². The van der Waals surface area contributed by atoms with E-state index in [-0.39, 0.29) is 22.5 Å². The molecule has 1 aromatic heterocycles. The topological polar surface area (TPSA) is 97.4 Å². The predicted octanol–water partition coefficient (Wildman–Crippen LogP) is 6.94. The third kappa shape index (κ3) is 7.64. The Balaban J connectivity index is 1.83. The molecule has 2 aromatic carbocycles. The first-order chi connectivity index (χ1) is 17.6. The molecule has 0 spiro atoms. The highest BCUT2D eigenvalue weighted by molar-refractivity contribution is 6.12. The van der Waals surface area contributed by atoms with Crippen LogP contribution < -0.4 is 10.6 Å². The number of nitrogens with one attached hydrogen (secondary N) is 2. The molecule has 38 heavy (non-hydrogen) atoms. The third-order valence-electron chi connectivity index (χ3n) is 5.33. The number of anilines is 2. The molecule has 0 atom stereocenters. The number of aromatic nitrogens is 1. The zero-order chi connectivity index (χ0) is 28.3. The highest BCUT2D eigenvalue weighted by atomic mass is 19.4. The molecule has 1 heterocycles. The van der Waals surface area contributed by atoms with Crippen LogP contribution in [-0.4, -0.2) is 28.4 Å². The largest absolute Gasteiger partial charge is 0.444 e. The van der Waals surface area contributed by atoms with Gasteiger partial charge in [-0.1, -0.05) is 24.3 Å². The Hall–Kier alpha value is -4.21. The average Bonchev–Trinajstić information content (AvgIpc) is 2.79. The maximum absolute atomic E-state index is 13.5. The van der Waals surface area contributed by atoms with E-state index in [1.165, 1.54) is 6.92 Å². The number of amides is 2. The van der Waals surface area contributed by atoms with Crippen LogP contribution in [0.15, 0.2) is 54.7 Å². The molecular formula is C28H28F3N3O4. The average molecular weight is 528 g/mol. The maximum atomic E-state index is 13.5. The van der Waals surface area contributed by atoms with E-state index in [9.17, 15) is 27.6 Å². The van der Waals surface area contributed by atoms with E-state index in [0.29, 0.717) is 0 Å². The lowest BCUT2D eigenvalue weighted by Gasteiger charge is -2.21. The Morgan fingerprint density at radius 2 is 1.58 bits per heavy atom. The molecule has 2 amide bonds. The number of ether oxygens (including phenoxy) is 1. The van der Waals surface area contributed by atoms with Gasteiger partial charge in [0.1, 0.15) is 5.60 Å². The molecule has 3 aromatic rings. The van der Waals surface area contributed by atoms with E-state index in [4.69, 9.17) is 4.74 Å². The van der Waals surface area contributed by atoms with Gasteiger partial charge >= 0.3 is 12.3 Å². The van der Waals surface area contributed by atoms with Crippen molar-refractivity contribution in [3.8, 4) is 11.1 Å². The van der Waals surface area contributed by atoms with Gasteiger partial charge in [0.15, 0.2) is 5.78 Å². The summed E-state index contributed by atoms with van der Waals surface area (Å²) in [5.41, 5.74) is 0.171. The highest BCUT2D eigenvalue weighted by Crippen LogP contribution is 2.37. The van der Waals surface area contributed by atoms with Crippen molar-refractivity contribution >= 4 is 29.2 Å². The SMILES string of the molecule is Cc1ccc(-c2cccc(C(=O)CC(=O)Nc3cc(C(F)(F)F)c(C)cc3NC(=O)OC(C)(C)C)c2)cn1. The first-order valence-corrected chi connectivity index (χ1v) is 11.7. The number of ketones is 1. The number of alkyl halides is 3. The normalized spacial score (nSPS) is 11.6. The van der Waals surface area contributed by atoms with Gasteiger partial charge in [0.05, 0.1) is 23.4 Å². The van der Waals surface area contributed by atoms with E-state index in [1.807, 2.05) is 19.1 Å². The Labute approximate surface area is 218 Å². The van der Waals surface area contributed by atoms with Gasteiger partial charge in [-0.15, -0.1) is 0 Å². The van der Waals surface area contributed by atoms with Crippen molar-refractivity contribution in [3.63, 3.8) is 0 Å². The minimum absolute atomic E-state index is 0.0978. The Bertz CT molecular complexity index is 1360. The van der Waals surface area contributed by atoms with Gasteiger partial charge in [-0.3, -0.25) is 19.9 Å². The van der Waals surface area contributed by atoms with Crippen LogP contribution in [0, 0.1) is 13.8 Å². The summed E-state index contributed by atoms with van der Waals surface area (Å²) in [6.07, 6.45) is -4.57. The number of pyridine rings is 1.